The molecule has 3 aromatic carbocycles. The maximum absolute atomic E-state index is 12.8. The Morgan fingerprint density at radius 2 is 1.39 bits per heavy atom. The Hall–Kier alpha value is -2.55. The second-order valence-electron chi connectivity index (χ2n) is 6.65. The van der Waals surface area contributed by atoms with E-state index in [1.807, 2.05) is 71.6 Å². The number of ether oxygens (including phenoxy) is 1. The van der Waals surface area contributed by atoms with Gasteiger partial charge in [0, 0.05) is 0 Å². The minimum absolute atomic E-state index is 0.261. The molecule has 1 amide bonds. The molecule has 0 bridgehead atoms. The van der Waals surface area contributed by atoms with Gasteiger partial charge in [0.05, 0.1) is 0 Å². The van der Waals surface area contributed by atoms with Gasteiger partial charge in [-0.15, -0.1) is 0 Å². The van der Waals surface area contributed by atoms with Crippen LogP contribution >= 0.6 is 0 Å². The number of amides is 1. The average molecular weight is 438 g/mol. The van der Waals surface area contributed by atoms with Crippen LogP contribution in [-0.4, -0.2) is 32.5 Å². The van der Waals surface area contributed by atoms with Crippen LogP contribution in [0.5, 0.6) is 0 Å². The molecule has 1 unspecified atom stereocenters. The van der Waals surface area contributed by atoms with Crippen molar-refractivity contribution in [3.8, 4) is 0 Å². The molecule has 0 N–H and O–H groups in total. The van der Waals surface area contributed by atoms with Crippen molar-refractivity contribution in [3.05, 3.63) is 102 Å². The van der Waals surface area contributed by atoms with Crippen LogP contribution in [0, 0.1) is 0 Å². The summed E-state index contributed by atoms with van der Waals surface area (Å²) >= 11 is 0.301. The monoisotopic (exact) mass is 439 g/mol. The molecule has 0 aliphatic heterocycles. The van der Waals surface area contributed by atoms with E-state index < -0.39 is 0 Å². The number of hydrogen-bond acceptors (Lipinski definition) is 2. The fourth-order valence-electron chi connectivity index (χ4n) is 2.90. The first-order chi connectivity index (χ1) is 13.7. The van der Waals surface area contributed by atoms with Crippen LogP contribution in [-0.2, 0) is 17.9 Å². The van der Waals surface area contributed by atoms with Gasteiger partial charge in [-0.05, 0) is 0 Å². The zero-order valence-electron chi connectivity index (χ0n) is 16.0. The van der Waals surface area contributed by atoms with Gasteiger partial charge in [0.25, 0.3) is 0 Å². The Labute approximate surface area is 173 Å². The van der Waals surface area contributed by atoms with E-state index in [0.29, 0.717) is 39.5 Å². The summed E-state index contributed by atoms with van der Waals surface area (Å²) in [5, 5.41) is 0. The van der Waals surface area contributed by atoms with Crippen molar-refractivity contribution in [2.45, 2.75) is 24.9 Å². The molecular weight excluding hydrogens is 413 g/mol. The van der Waals surface area contributed by atoms with E-state index in [1.54, 1.807) is 0 Å². The van der Waals surface area contributed by atoms with E-state index in [2.05, 4.69) is 31.2 Å². The van der Waals surface area contributed by atoms with Crippen molar-refractivity contribution < 1.29 is 9.53 Å². The predicted octanol–water partition coefficient (Wildman–Crippen LogP) is 4.66. The van der Waals surface area contributed by atoms with Crippen LogP contribution in [0.25, 0.3) is 0 Å². The molecular formula is C24H25NO2Se. The van der Waals surface area contributed by atoms with Gasteiger partial charge in [0.2, 0.25) is 0 Å². The second kappa shape index (κ2) is 10.7. The number of hydrogen-bond donors (Lipinski definition) is 0. The Balaban J connectivity index is 1.64. The molecule has 3 rings (SSSR count). The van der Waals surface area contributed by atoms with Crippen molar-refractivity contribution in [3.63, 3.8) is 0 Å². The fraction of sp³-hybridized carbons (Fsp3) is 0.208. The SMILES string of the molecule is CC(CN(Cc1ccccc1)C(=O)OCc1ccccc1)[Se]c1ccccc1. The van der Waals surface area contributed by atoms with Crippen LogP contribution in [0.1, 0.15) is 18.1 Å². The molecule has 0 fully saturated rings. The van der Waals surface area contributed by atoms with Crippen molar-refractivity contribution >= 4 is 25.5 Å². The summed E-state index contributed by atoms with van der Waals surface area (Å²) < 4.78 is 6.95. The van der Waals surface area contributed by atoms with Gasteiger partial charge >= 0.3 is 174 Å². The van der Waals surface area contributed by atoms with Crippen molar-refractivity contribution in [1.29, 1.82) is 0 Å². The molecule has 0 radical (unpaired) electrons. The van der Waals surface area contributed by atoms with E-state index >= 15 is 0 Å². The van der Waals surface area contributed by atoms with Crippen molar-refractivity contribution in [2.75, 3.05) is 6.54 Å². The molecule has 0 spiro atoms. The van der Waals surface area contributed by atoms with E-state index in [-0.39, 0.29) is 6.09 Å². The topological polar surface area (TPSA) is 29.5 Å². The zero-order valence-corrected chi connectivity index (χ0v) is 17.7. The van der Waals surface area contributed by atoms with E-state index in [1.165, 1.54) is 4.46 Å². The van der Waals surface area contributed by atoms with Crippen LogP contribution in [0.15, 0.2) is 91.0 Å². The van der Waals surface area contributed by atoms with Crippen molar-refractivity contribution in [1.82, 2.24) is 4.90 Å². The van der Waals surface area contributed by atoms with Crippen LogP contribution in [0.3, 0.4) is 0 Å². The first-order valence-corrected chi connectivity index (χ1v) is 11.3. The molecule has 0 saturated carbocycles. The van der Waals surface area contributed by atoms with E-state index in [4.69, 9.17) is 4.74 Å². The number of carbonyl (C=O) groups is 1. The molecule has 0 aromatic heterocycles. The molecule has 28 heavy (non-hydrogen) atoms. The van der Waals surface area contributed by atoms with Crippen LogP contribution < -0.4 is 4.46 Å². The minimum atomic E-state index is -0.261. The average Bonchev–Trinajstić information content (AvgIpc) is 2.74. The number of nitrogens with zero attached hydrogens (tertiary/aromatic N) is 1. The van der Waals surface area contributed by atoms with E-state index in [0.717, 1.165) is 11.1 Å². The molecule has 3 nitrogen and oxygen atoms in total. The second-order valence-corrected chi connectivity index (χ2v) is 9.82. The quantitative estimate of drug-likeness (QED) is 0.479. The van der Waals surface area contributed by atoms with E-state index in [9.17, 15) is 4.79 Å². The standard InChI is InChI=1S/C24H25NO2Se/c1-20(28-23-15-9-4-10-16-23)17-25(18-21-11-5-2-6-12-21)24(26)27-19-22-13-7-3-8-14-22/h2-16,20H,17-19H2,1H3. The van der Waals surface area contributed by atoms with Gasteiger partial charge in [-0.2, -0.15) is 0 Å². The third-order valence-electron chi connectivity index (χ3n) is 4.24. The first-order valence-electron chi connectivity index (χ1n) is 9.42. The summed E-state index contributed by atoms with van der Waals surface area (Å²) in [6.45, 7) is 3.74. The van der Waals surface area contributed by atoms with Gasteiger partial charge < -0.3 is 0 Å². The Morgan fingerprint density at radius 3 is 2.00 bits per heavy atom. The van der Waals surface area contributed by atoms with Crippen molar-refractivity contribution in [2.24, 2.45) is 0 Å². The molecule has 4 heteroatoms. The third-order valence-corrected chi connectivity index (χ3v) is 6.54. The molecule has 144 valence electrons. The molecule has 0 aliphatic rings. The van der Waals surface area contributed by atoms with Crippen LogP contribution in [0.2, 0.25) is 4.82 Å². The Kier molecular flexibility index (Phi) is 7.71. The molecule has 3 aromatic rings. The number of carbonyl (C=O) groups excluding carboxylic acids is 1. The zero-order chi connectivity index (χ0) is 19.6. The molecule has 1 atom stereocenters. The summed E-state index contributed by atoms with van der Waals surface area (Å²) in [6.07, 6.45) is -0.261. The first kappa shape index (κ1) is 20.2. The van der Waals surface area contributed by atoms with Gasteiger partial charge in [0.1, 0.15) is 0 Å². The molecule has 0 aliphatic carbocycles. The fourth-order valence-corrected chi connectivity index (χ4v) is 5.07. The molecule has 0 heterocycles. The normalized spacial score (nSPS) is 11.6. The van der Waals surface area contributed by atoms with Gasteiger partial charge in [-0.3, -0.25) is 0 Å². The summed E-state index contributed by atoms with van der Waals surface area (Å²) in [6, 6.07) is 30.4. The predicted molar refractivity (Wildman–Crippen MR) is 115 cm³/mol. The summed E-state index contributed by atoms with van der Waals surface area (Å²) in [7, 11) is 0. The summed E-state index contributed by atoms with van der Waals surface area (Å²) in [4.78, 5) is 15.0. The van der Waals surface area contributed by atoms with Gasteiger partial charge in [-0.25, -0.2) is 0 Å². The summed E-state index contributed by atoms with van der Waals surface area (Å²) in [5.74, 6) is 0. The van der Waals surface area contributed by atoms with Crippen LogP contribution in [0.4, 0.5) is 4.79 Å². The summed E-state index contributed by atoms with van der Waals surface area (Å²) in [5.41, 5.74) is 2.11. The maximum atomic E-state index is 12.8. The Morgan fingerprint density at radius 1 is 0.857 bits per heavy atom. The molecule has 0 saturated heterocycles. The number of benzene rings is 3. The van der Waals surface area contributed by atoms with Gasteiger partial charge in [-0.1, -0.05) is 0 Å². The number of rotatable bonds is 8. The Bertz CT molecular complexity index is 840. The van der Waals surface area contributed by atoms with Gasteiger partial charge in [0.15, 0.2) is 0 Å². The third kappa shape index (κ3) is 6.56.